The molecular weight excluding hydrogens is 357 g/mol. The van der Waals surface area contributed by atoms with Gasteiger partial charge in [0.05, 0.1) is 11.6 Å². The number of ether oxygens (including phenoxy) is 1. The Balaban J connectivity index is 1.74. The van der Waals surface area contributed by atoms with E-state index in [-0.39, 0.29) is 29.0 Å². The van der Waals surface area contributed by atoms with Crippen molar-refractivity contribution < 1.29 is 22.7 Å². The zero-order valence-corrected chi connectivity index (χ0v) is 13.8. The van der Waals surface area contributed by atoms with Crippen LogP contribution in [-0.4, -0.2) is 25.6 Å². The number of hydrogen-bond acceptors (Lipinski definition) is 3. The van der Waals surface area contributed by atoms with Crippen molar-refractivity contribution in [3.05, 3.63) is 58.9 Å². The van der Waals surface area contributed by atoms with Gasteiger partial charge in [0, 0.05) is 12.2 Å². The Kier molecular flexibility index (Phi) is 6.94. The molecule has 25 heavy (non-hydrogen) atoms. The summed E-state index contributed by atoms with van der Waals surface area (Å²) in [7, 11) is 0. The van der Waals surface area contributed by atoms with Crippen LogP contribution in [0.15, 0.2) is 42.5 Å². The number of carbonyl (C=O) groups excluding carboxylic acids is 1. The first kappa shape index (κ1) is 18.9. The number of hydrogen-bond donors (Lipinski definition) is 2. The maximum Gasteiger partial charge on any atom is 0.387 e. The molecule has 0 bridgehead atoms. The molecule has 0 spiro atoms. The van der Waals surface area contributed by atoms with E-state index in [1.165, 1.54) is 30.3 Å². The van der Waals surface area contributed by atoms with Crippen LogP contribution < -0.4 is 15.4 Å². The number of amides is 1. The molecule has 0 fully saturated rings. The predicted octanol–water partition coefficient (Wildman–Crippen LogP) is 3.85. The molecule has 0 aliphatic carbocycles. The number of halogens is 4. The molecular formula is C17H16ClF3N2O2. The molecule has 134 valence electrons. The zero-order valence-electron chi connectivity index (χ0n) is 13.1. The number of alkyl halides is 2. The van der Waals surface area contributed by atoms with Gasteiger partial charge in [-0.15, -0.1) is 0 Å². The topological polar surface area (TPSA) is 50.4 Å². The summed E-state index contributed by atoms with van der Waals surface area (Å²) in [6.45, 7) is -2.55. The van der Waals surface area contributed by atoms with E-state index in [0.29, 0.717) is 18.7 Å². The molecule has 0 unspecified atom stereocenters. The van der Waals surface area contributed by atoms with Gasteiger partial charge in [0.25, 0.3) is 0 Å². The zero-order chi connectivity index (χ0) is 18.2. The second-order valence-electron chi connectivity index (χ2n) is 5.10. The third-order valence-electron chi connectivity index (χ3n) is 3.25. The summed E-state index contributed by atoms with van der Waals surface area (Å²) in [6.07, 6.45) is 0.581. The Bertz CT molecular complexity index is 712. The van der Waals surface area contributed by atoms with Crippen LogP contribution in [0, 0.1) is 5.82 Å². The smallest absolute Gasteiger partial charge is 0.387 e. The highest BCUT2D eigenvalue weighted by atomic mass is 35.5. The Morgan fingerprint density at radius 3 is 2.52 bits per heavy atom. The summed E-state index contributed by atoms with van der Waals surface area (Å²) in [4.78, 5) is 11.8. The van der Waals surface area contributed by atoms with Gasteiger partial charge in [-0.1, -0.05) is 23.7 Å². The Morgan fingerprint density at radius 2 is 1.88 bits per heavy atom. The standard InChI is InChI=1S/C17H16ClF3N2O2/c18-14-9-13(5-6-15(14)25-17(20)21)23-10-16(24)22-8-7-11-1-3-12(19)4-2-11/h1-6,9,17,23H,7-8,10H2,(H,22,24). The molecule has 2 aromatic carbocycles. The Labute approximate surface area is 147 Å². The monoisotopic (exact) mass is 372 g/mol. The quantitative estimate of drug-likeness (QED) is 0.740. The van der Waals surface area contributed by atoms with E-state index < -0.39 is 6.61 Å². The lowest BCUT2D eigenvalue weighted by Crippen LogP contribution is -2.31. The summed E-state index contributed by atoms with van der Waals surface area (Å²) >= 11 is 5.83. The third kappa shape index (κ3) is 6.54. The van der Waals surface area contributed by atoms with E-state index in [0.717, 1.165) is 5.56 Å². The summed E-state index contributed by atoms with van der Waals surface area (Å²) in [5, 5.41) is 5.56. The first-order valence-corrected chi connectivity index (χ1v) is 7.81. The van der Waals surface area contributed by atoms with E-state index in [2.05, 4.69) is 15.4 Å². The van der Waals surface area contributed by atoms with Gasteiger partial charge in [-0.2, -0.15) is 8.78 Å². The summed E-state index contributed by atoms with van der Waals surface area (Å²) in [5.41, 5.74) is 1.41. The highest BCUT2D eigenvalue weighted by Gasteiger charge is 2.09. The van der Waals surface area contributed by atoms with Crippen LogP contribution in [0.1, 0.15) is 5.56 Å². The van der Waals surface area contributed by atoms with E-state index in [4.69, 9.17) is 11.6 Å². The molecule has 0 aliphatic heterocycles. The summed E-state index contributed by atoms with van der Waals surface area (Å²) in [5.74, 6) is -0.683. The van der Waals surface area contributed by atoms with Gasteiger partial charge in [-0.25, -0.2) is 4.39 Å². The first-order valence-electron chi connectivity index (χ1n) is 7.43. The second kappa shape index (κ2) is 9.17. The van der Waals surface area contributed by atoms with Gasteiger partial charge in [-0.3, -0.25) is 4.79 Å². The van der Waals surface area contributed by atoms with Crippen molar-refractivity contribution in [2.45, 2.75) is 13.0 Å². The fourth-order valence-electron chi connectivity index (χ4n) is 2.04. The van der Waals surface area contributed by atoms with E-state index in [9.17, 15) is 18.0 Å². The molecule has 8 heteroatoms. The summed E-state index contributed by atoms with van der Waals surface area (Å²) in [6, 6.07) is 10.2. The predicted molar refractivity (Wildman–Crippen MR) is 89.7 cm³/mol. The van der Waals surface area contributed by atoms with Crippen molar-refractivity contribution in [1.29, 1.82) is 0 Å². The number of rotatable bonds is 8. The van der Waals surface area contributed by atoms with Crippen molar-refractivity contribution in [2.24, 2.45) is 0 Å². The molecule has 0 saturated heterocycles. The highest BCUT2D eigenvalue weighted by molar-refractivity contribution is 6.32. The van der Waals surface area contributed by atoms with Gasteiger partial charge < -0.3 is 15.4 Å². The molecule has 2 N–H and O–H groups in total. The summed E-state index contributed by atoms with van der Waals surface area (Å²) < 4.78 is 41.3. The van der Waals surface area contributed by atoms with Gasteiger partial charge >= 0.3 is 6.61 Å². The normalized spacial score (nSPS) is 10.6. The average Bonchev–Trinajstić information content (AvgIpc) is 2.57. The Hall–Kier alpha value is -2.41. The largest absolute Gasteiger partial charge is 0.433 e. The minimum Gasteiger partial charge on any atom is -0.433 e. The van der Waals surface area contributed by atoms with Crippen LogP contribution in [0.3, 0.4) is 0 Å². The van der Waals surface area contributed by atoms with Crippen LogP contribution in [0.25, 0.3) is 0 Å². The van der Waals surface area contributed by atoms with Crippen LogP contribution >= 0.6 is 11.6 Å². The second-order valence-corrected chi connectivity index (χ2v) is 5.51. The fourth-order valence-corrected chi connectivity index (χ4v) is 2.27. The van der Waals surface area contributed by atoms with Gasteiger partial charge in [0.1, 0.15) is 11.6 Å². The van der Waals surface area contributed by atoms with Crippen molar-refractivity contribution >= 4 is 23.2 Å². The molecule has 0 aliphatic rings. The molecule has 4 nitrogen and oxygen atoms in total. The minimum atomic E-state index is -2.96. The number of anilines is 1. The Morgan fingerprint density at radius 1 is 1.16 bits per heavy atom. The van der Waals surface area contributed by atoms with Crippen LogP contribution in [0.5, 0.6) is 5.75 Å². The maximum absolute atomic E-state index is 12.8. The molecule has 1 amide bonds. The van der Waals surface area contributed by atoms with Gasteiger partial charge in [-0.05, 0) is 42.3 Å². The van der Waals surface area contributed by atoms with E-state index >= 15 is 0 Å². The maximum atomic E-state index is 12.8. The average molecular weight is 373 g/mol. The van der Waals surface area contributed by atoms with Gasteiger partial charge in [0.2, 0.25) is 5.91 Å². The van der Waals surface area contributed by atoms with Crippen molar-refractivity contribution in [3.63, 3.8) is 0 Å². The molecule has 0 heterocycles. The molecule has 2 rings (SSSR count). The first-order chi connectivity index (χ1) is 11.9. The van der Waals surface area contributed by atoms with Crippen molar-refractivity contribution in [1.82, 2.24) is 5.32 Å². The SMILES string of the molecule is O=C(CNc1ccc(OC(F)F)c(Cl)c1)NCCc1ccc(F)cc1. The van der Waals surface area contributed by atoms with Crippen LogP contribution in [-0.2, 0) is 11.2 Å². The lowest BCUT2D eigenvalue weighted by atomic mass is 10.1. The molecule has 0 radical (unpaired) electrons. The van der Waals surface area contributed by atoms with Crippen LogP contribution in [0.4, 0.5) is 18.9 Å². The van der Waals surface area contributed by atoms with Crippen molar-refractivity contribution in [2.75, 3.05) is 18.4 Å². The van der Waals surface area contributed by atoms with Crippen LogP contribution in [0.2, 0.25) is 5.02 Å². The molecule has 2 aromatic rings. The molecule has 0 aromatic heterocycles. The lowest BCUT2D eigenvalue weighted by molar-refractivity contribution is -0.119. The minimum absolute atomic E-state index is 0.00516. The molecule has 0 atom stereocenters. The lowest BCUT2D eigenvalue weighted by Gasteiger charge is -2.10. The molecule has 0 saturated carbocycles. The highest BCUT2D eigenvalue weighted by Crippen LogP contribution is 2.28. The third-order valence-corrected chi connectivity index (χ3v) is 3.55. The number of carbonyl (C=O) groups is 1. The van der Waals surface area contributed by atoms with Gasteiger partial charge in [0.15, 0.2) is 0 Å². The van der Waals surface area contributed by atoms with E-state index in [1.54, 1.807) is 12.1 Å². The van der Waals surface area contributed by atoms with Crippen molar-refractivity contribution in [3.8, 4) is 5.75 Å². The van der Waals surface area contributed by atoms with E-state index in [1.807, 2.05) is 0 Å². The number of benzene rings is 2. The fraction of sp³-hybridized carbons (Fsp3) is 0.235. The number of nitrogens with one attached hydrogen (secondary N) is 2.